The Bertz CT molecular complexity index is 995. The minimum atomic E-state index is -0.134. The summed E-state index contributed by atoms with van der Waals surface area (Å²) in [6, 6.07) is 8.90. The summed E-state index contributed by atoms with van der Waals surface area (Å²) < 4.78 is 5.22. The number of carbonyl (C=O) groups excluding carboxylic acids is 1. The van der Waals surface area contributed by atoms with Crippen LogP contribution in [0, 0.1) is 0 Å². The van der Waals surface area contributed by atoms with Crippen molar-refractivity contribution >= 4 is 17.5 Å². The first-order valence-electron chi connectivity index (χ1n) is 8.53. The van der Waals surface area contributed by atoms with E-state index in [1.165, 1.54) is 0 Å². The normalized spacial score (nSPS) is 13.2. The number of benzene rings is 1. The zero-order chi connectivity index (χ0) is 18.8. The van der Waals surface area contributed by atoms with E-state index >= 15 is 0 Å². The predicted octanol–water partition coefficient (Wildman–Crippen LogP) is 3.40. The third kappa shape index (κ3) is 3.36. The van der Waals surface area contributed by atoms with E-state index in [9.17, 15) is 4.79 Å². The number of carbonyl (C=O) groups is 1. The topological polar surface area (TPSA) is 68.2 Å². The number of rotatable bonds is 3. The molecule has 3 aromatic rings. The van der Waals surface area contributed by atoms with E-state index in [0.717, 1.165) is 22.5 Å². The Labute approximate surface area is 161 Å². The van der Waals surface area contributed by atoms with E-state index in [-0.39, 0.29) is 5.91 Å². The first-order valence-corrected chi connectivity index (χ1v) is 8.91. The van der Waals surface area contributed by atoms with Crippen molar-refractivity contribution < 1.29 is 9.53 Å². The second-order valence-corrected chi connectivity index (χ2v) is 6.62. The molecular weight excluding hydrogens is 364 g/mol. The Balaban J connectivity index is 1.68. The van der Waals surface area contributed by atoms with Crippen molar-refractivity contribution in [3.63, 3.8) is 0 Å². The van der Waals surface area contributed by atoms with Crippen molar-refractivity contribution in [3.8, 4) is 17.0 Å². The molecule has 0 N–H and O–H groups in total. The summed E-state index contributed by atoms with van der Waals surface area (Å²) in [5.41, 5.74) is 4.06. The molecule has 27 heavy (non-hydrogen) atoms. The van der Waals surface area contributed by atoms with Gasteiger partial charge < -0.3 is 9.64 Å². The lowest BCUT2D eigenvalue weighted by Crippen LogP contribution is -2.37. The van der Waals surface area contributed by atoms with Crippen LogP contribution in [0.2, 0.25) is 5.02 Å². The van der Waals surface area contributed by atoms with E-state index in [0.29, 0.717) is 35.8 Å². The smallest absolute Gasteiger partial charge is 0.255 e. The van der Waals surface area contributed by atoms with Crippen LogP contribution in [0.15, 0.2) is 49.1 Å². The molecule has 0 atom stereocenters. The van der Waals surface area contributed by atoms with Gasteiger partial charge in [0.2, 0.25) is 0 Å². The quantitative estimate of drug-likeness (QED) is 0.696. The SMILES string of the molecule is COc1ccc(Cl)c(C(=O)N2CCc3ncnc(-c4cccnc4)c3C2)c1. The van der Waals surface area contributed by atoms with Crippen molar-refractivity contribution in [1.82, 2.24) is 19.9 Å². The highest BCUT2D eigenvalue weighted by molar-refractivity contribution is 6.33. The fraction of sp³-hybridized carbons (Fsp3) is 0.200. The molecule has 0 saturated heterocycles. The second kappa shape index (κ2) is 7.32. The minimum Gasteiger partial charge on any atom is -0.497 e. The maximum absolute atomic E-state index is 13.1. The van der Waals surface area contributed by atoms with Gasteiger partial charge >= 0.3 is 0 Å². The zero-order valence-corrected chi connectivity index (χ0v) is 15.5. The highest BCUT2D eigenvalue weighted by Crippen LogP contribution is 2.29. The average Bonchev–Trinajstić information content (AvgIpc) is 2.73. The van der Waals surface area contributed by atoms with Crippen LogP contribution in [-0.4, -0.2) is 39.4 Å². The molecule has 0 fully saturated rings. The molecule has 0 unspecified atom stereocenters. The van der Waals surface area contributed by atoms with Crippen LogP contribution in [0.4, 0.5) is 0 Å². The Hall–Kier alpha value is -2.99. The van der Waals surface area contributed by atoms with Gasteiger partial charge in [0, 0.05) is 43.0 Å². The third-order valence-electron chi connectivity index (χ3n) is 4.63. The molecule has 0 aliphatic carbocycles. The molecule has 1 aromatic carbocycles. The van der Waals surface area contributed by atoms with Gasteiger partial charge in [-0.15, -0.1) is 0 Å². The highest BCUT2D eigenvalue weighted by atomic mass is 35.5. The van der Waals surface area contributed by atoms with Gasteiger partial charge in [-0.1, -0.05) is 11.6 Å². The molecule has 0 spiro atoms. The largest absolute Gasteiger partial charge is 0.497 e. The molecule has 0 saturated carbocycles. The number of fused-ring (bicyclic) bond motifs is 1. The van der Waals surface area contributed by atoms with Crippen molar-refractivity contribution in [2.45, 2.75) is 13.0 Å². The van der Waals surface area contributed by atoms with Gasteiger partial charge in [0.05, 0.1) is 29.1 Å². The molecule has 7 heteroatoms. The van der Waals surface area contributed by atoms with Crippen LogP contribution in [0.1, 0.15) is 21.6 Å². The average molecular weight is 381 g/mol. The first kappa shape index (κ1) is 17.4. The fourth-order valence-electron chi connectivity index (χ4n) is 3.23. The summed E-state index contributed by atoms with van der Waals surface area (Å²) in [5.74, 6) is 0.463. The summed E-state index contributed by atoms with van der Waals surface area (Å²) in [4.78, 5) is 27.9. The van der Waals surface area contributed by atoms with Crippen molar-refractivity contribution in [1.29, 1.82) is 0 Å². The molecule has 4 rings (SSSR count). The molecule has 2 aromatic heterocycles. The van der Waals surface area contributed by atoms with Crippen LogP contribution < -0.4 is 4.74 Å². The maximum atomic E-state index is 13.1. The maximum Gasteiger partial charge on any atom is 0.255 e. The summed E-state index contributed by atoms with van der Waals surface area (Å²) in [5, 5.41) is 0.406. The first-order chi connectivity index (χ1) is 13.2. The Morgan fingerprint density at radius 2 is 2.15 bits per heavy atom. The van der Waals surface area contributed by atoms with E-state index in [4.69, 9.17) is 16.3 Å². The number of amides is 1. The number of nitrogens with zero attached hydrogens (tertiary/aromatic N) is 4. The third-order valence-corrected chi connectivity index (χ3v) is 4.96. The van der Waals surface area contributed by atoms with E-state index in [2.05, 4.69) is 15.0 Å². The number of aromatic nitrogens is 3. The van der Waals surface area contributed by atoms with Crippen LogP contribution in [-0.2, 0) is 13.0 Å². The number of halogens is 1. The molecule has 1 aliphatic rings. The van der Waals surface area contributed by atoms with Gasteiger partial charge in [0.25, 0.3) is 5.91 Å². The van der Waals surface area contributed by atoms with Crippen LogP contribution in [0.5, 0.6) is 5.75 Å². The Morgan fingerprint density at radius 3 is 2.93 bits per heavy atom. The van der Waals surface area contributed by atoms with Crippen LogP contribution in [0.3, 0.4) is 0 Å². The second-order valence-electron chi connectivity index (χ2n) is 6.21. The fourth-order valence-corrected chi connectivity index (χ4v) is 3.43. The van der Waals surface area contributed by atoms with Crippen LogP contribution >= 0.6 is 11.6 Å². The van der Waals surface area contributed by atoms with Crippen LogP contribution in [0.25, 0.3) is 11.3 Å². The molecule has 0 bridgehead atoms. The van der Waals surface area contributed by atoms with Gasteiger partial charge in [-0.3, -0.25) is 9.78 Å². The standard InChI is InChI=1S/C20H17ClN4O2/c1-27-14-4-5-17(21)15(9-14)20(26)25-8-6-18-16(11-25)19(24-12-23-18)13-3-2-7-22-10-13/h2-5,7,9-10,12H,6,8,11H2,1H3. The summed E-state index contributed by atoms with van der Waals surface area (Å²) >= 11 is 6.26. The van der Waals surface area contributed by atoms with E-state index < -0.39 is 0 Å². The molecule has 136 valence electrons. The molecular formula is C20H17ClN4O2. The molecule has 0 radical (unpaired) electrons. The minimum absolute atomic E-state index is 0.134. The molecule has 1 amide bonds. The lowest BCUT2D eigenvalue weighted by atomic mass is 9.99. The molecule has 3 heterocycles. The van der Waals surface area contributed by atoms with Crippen molar-refractivity contribution in [3.05, 3.63) is 70.9 Å². The number of pyridine rings is 1. The summed E-state index contributed by atoms with van der Waals surface area (Å²) in [6.07, 6.45) is 5.72. The summed E-state index contributed by atoms with van der Waals surface area (Å²) in [6.45, 7) is 0.996. The number of ether oxygens (including phenoxy) is 1. The van der Waals surface area contributed by atoms with Gasteiger partial charge in [-0.05, 0) is 30.3 Å². The number of hydrogen-bond donors (Lipinski definition) is 0. The molecule has 6 nitrogen and oxygen atoms in total. The monoisotopic (exact) mass is 380 g/mol. The number of methoxy groups -OCH3 is 1. The van der Waals surface area contributed by atoms with E-state index in [1.807, 2.05) is 12.1 Å². The van der Waals surface area contributed by atoms with Gasteiger partial charge in [0.15, 0.2) is 0 Å². The van der Waals surface area contributed by atoms with Gasteiger partial charge in [-0.25, -0.2) is 9.97 Å². The van der Waals surface area contributed by atoms with Gasteiger partial charge in [0.1, 0.15) is 12.1 Å². The Kier molecular flexibility index (Phi) is 4.73. The van der Waals surface area contributed by atoms with Gasteiger partial charge in [-0.2, -0.15) is 0 Å². The number of hydrogen-bond acceptors (Lipinski definition) is 5. The van der Waals surface area contributed by atoms with Crippen molar-refractivity contribution in [2.24, 2.45) is 0 Å². The zero-order valence-electron chi connectivity index (χ0n) is 14.7. The lowest BCUT2D eigenvalue weighted by Gasteiger charge is -2.29. The highest BCUT2D eigenvalue weighted by Gasteiger charge is 2.27. The van der Waals surface area contributed by atoms with E-state index in [1.54, 1.807) is 48.9 Å². The predicted molar refractivity (Wildman–Crippen MR) is 102 cm³/mol. The molecule has 1 aliphatic heterocycles. The Morgan fingerprint density at radius 1 is 1.26 bits per heavy atom. The summed E-state index contributed by atoms with van der Waals surface area (Å²) in [7, 11) is 1.56. The lowest BCUT2D eigenvalue weighted by molar-refractivity contribution is 0.0733. The van der Waals surface area contributed by atoms with Crippen molar-refractivity contribution in [2.75, 3.05) is 13.7 Å².